The zero-order valence-corrected chi connectivity index (χ0v) is 44.7. The van der Waals surface area contributed by atoms with Crippen LogP contribution in [0.4, 0.5) is 0 Å². The Bertz CT molecular complexity index is 2060. The van der Waals surface area contributed by atoms with Gasteiger partial charge in [-0.15, -0.1) is 0 Å². The Kier molecular flexibility index (Phi) is 24.6. The minimum absolute atomic E-state index is 0.854. The molecular weight excluding hydrogens is 1160 g/mol. The number of aliphatic hydroxyl groups excluding tert-OH is 21. The lowest BCUT2D eigenvalue weighted by molar-refractivity contribution is -0.408. The standard InChI is InChI=1S/C46H78N2O36/c1-10(55)47-19-27(63)21(57)12(3-49)74-41(19)83-39-33(69)35(80-42-20(48-11(2)56)36(25(61)16(7-53)75-42)81-44-32(68)29(65)23(59)14(5-51)77-44)17(8-54)79-46(39)84-38-30(66)24(60)15(6-52)78-45(38)82-37-26(62)18(73-40(71)34(37)70)9-72-43-31(67)28(64)22(58)13(4-50)76-43/h12-46,49-54,57-71H,3-9H2,1-2H3,(H,47,55)(H,48,56)/t12-,13-,14-,15-,16-,17-,18-,19-,20-,21-,22+,23+,24-,25+,26-,27-,28+,29+,30+,31-,32-,33+,34-,35-,36-,37+,38-,39-,40+,41-,42+,43+,44+,45-,46-/m1/s1. The summed E-state index contributed by atoms with van der Waals surface area (Å²) in [6, 6.07) is -3.64. The molecule has 0 aromatic heterocycles. The molecule has 0 saturated carbocycles. The summed E-state index contributed by atoms with van der Waals surface area (Å²) >= 11 is 0. The number of aliphatic hydroxyl groups is 21. The van der Waals surface area contributed by atoms with E-state index in [-0.39, 0.29) is 0 Å². The molecule has 35 atom stereocenters. The average molecular weight is 1240 g/mol. The summed E-state index contributed by atoms with van der Waals surface area (Å²) in [7, 11) is 0. The predicted octanol–water partition coefficient (Wildman–Crippen LogP) is -16.0. The topological polar surface area (TPSA) is 603 Å². The van der Waals surface area contributed by atoms with E-state index in [1.807, 2.05) is 0 Å². The van der Waals surface area contributed by atoms with Crippen molar-refractivity contribution in [3.05, 3.63) is 0 Å². The van der Waals surface area contributed by atoms with E-state index < -0.39 is 273 Å². The number of carbonyl (C=O) groups excluding carboxylic acids is 2. The van der Waals surface area contributed by atoms with Gasteiger partial charge in [-0.25, -0.2) is 0 Å². The van der Waals surface area contributed by atoms with E-state index in [9.17, 15) is 117 Å². The van der Waals surface area contributed by atoms with Crippen LogP contribution >= 0.6 is 0 Å². The Balaban J connectivity index is 1.22. The van der Waals surface area contributed by atoms with E-state index in [0.717, 1.165) is 13.8 Å². The summed E-state index contributed by atoms with van der Waals surface area (Å²) in [5.41, 5.74) is 0. The summed E-state index contributed by atoms with van der Waals surface area (Å²) in [4.78, 5) is 25.4. The molecule has 84 heavy (non-hydrogen) atoms. The fourth-order valence-electron chi connectivity index (χ4n) is 10.7. The van der Waals surface area contributed by atoms with Crippen LogP contribution in [0.2, 0.25) is 0 Å². The lowest BCUT2D eigenvalue weighted by Gasteiger charge is -2.52. The maximum atomic E-state index is 12.8. The van der Waals surface area contributed by atoms with Gasteiger partial charge in [0, 0.05) is 13.8 Å². The third kappa shape index (κ3) is 14.7. The molecule has 23 N–H and O–H groups in total. The number of carbonyl (C=O) groups is 2. The first-order valence-electron chi connectivity index (χ1n) is 26.6. The van der Waals surface area contributed by atoms with E-state index in [4.69, 9.17) is 61.6 Å². The molecule has 7 aliphatic heterocycles. The molecule has 488 valence electrons. The van der Waals surface area contributed by atoms with Gasteiger partial charge in [0.1, 0.15) is 171 Å². The van der Waals surface area contributed by atoms with Gasteiger partial charge in [-0.3, -0.25) is 9.59 Å². The monoisotopic (exact) mass is 1230 g/mol. The maximum absolute atomic E-state index is 12.8. The zero-order valence-electron chi connectivity index (χ0n) is 44.7. The van der Waals surface area contributed by atoms with Crippen molar-refractivity contribution in [1.82, 2.24) is 10.6 Å². The van der Waals surface area contributed by atoms with Crippen molar-refractivity contribution in [2.24, 2.45) is 0 Å². The number of ether oxygens (including phenoxy) is 13. The SMILES string of the molecule is CC(=O)N[C@H]1[C@@H](O[C@H]2[C@@H](O[C@H]3[C@@H](O[C@@H]4[C@@H](O)[C@@H](O)O[C@H](CO[C@H]5O[C@H](CO)[C@H](O)[C@H](O)[C@H]5O)[C@H]4O)O[C@H](CO)[C@@H](O)[C@@H]3O)O[C@H](CO)[C@@H](O[C@@H]3O[C@H](CO)[C@H](O)[C@H](O[C@@H]4O[C@H](CO)[C@H](O)[C@H](O)[C@H]4O)[C@H]3NC(C)=O)[C@@H]2O)O[C@H](CO)[C@@H](O)[C@@H]1O. The molecule has 0 aromatic carbocycles. The Morgan fingerprint density at radius 3 is 1.19 bits per heavy atom. The van der Waals surface area contributed by atoms with Crippen LogP contribution in [0.1, 0.15) is 13.8 Å². The van der Waals surface area contributed by atoms with Gasteiger partial charge in [0.25, 0.3) is 0 Å². The second kappa shape index (κ2) is 29.9. The van der Waals surface area contributed by atoms with E-state index in [0.29, 0.717) is 0 Å². The van der Waals surface area contributed by atoms with Crippen LogP contribution < -0.4 is 10.6 Å². The van der Waals surface area contributed by atoms with Crippen LogP contribution in [0.3, 0.4) is 0 Å². The van der Waals surface area contributed by atoms with Gasteiger partial charge < -0.3 is 179 Å². The summed E-state index contributed by atoms with van der Waals surface area (Å²) in [5.74, 6) is -1.77. The summed E-state index contributed by atoms with van der Waals surface area (Å²) < 4.78 is 75.3. The number of hydrogen-bond donors (Lipinski definition) is 23. The quantitative estimate of drug-likeness (QED) is 0.0507. The molecule has 7 heterocycles. The molecule has 7 fully saturated rings. The zero-order chi connectivity index (χ0) is 61.9. The highest BCUT2D eigenvalue weighted by atomic mass is 16.8. The van der Waals surface area contributed by atoms with Crippen molar-refractivity contribution in [1.29, 1.82) is 0 Å². The smallest absolute Gasteiger partial charge is 0.217 e. The second-order valence-electron chi connectivity index (χ2n) is 21.1. The van der Waals surface area contributed by atoms with Gasteiger partial charge in [-0.2, -0.15) is 0 Å². The molecule has 2 amide bonds. The molecule has 0 spiro atoms. The van der Waals surface area contributed by atoms with E-state index >= 15 is 0 Å². The molecule has 38 heteroatoms. The lowest BCUT2D eigenvalue weighted by atomic mass is 9.94. The third-order valence-electron chi connectivity index (χ3n) is 15.3. The van der Waals surface area contributed by atoms with E-state index in [1.54, 1.807) is 0 Å². The van der Waals surface area contributed by atoms with Crippen LogP contribution in [0, 0.1) is 0 Å². The molecule has 38 nitrogen and oxygen atoms in total. The first-order chi connectivity index (χ1) is 39.7. The second-order valence-corrected chi connectivity index (χ2v) is 21.1. The fraction of sp³-hybridized carbons (Fsp3) is 0.957. The van der Waals surface area contributed by atoms with Crippen LogP contribution in [0.15, 0.2) is 0 Å². The summed E-state index contributed by atoms with van der Waals surface area (Å²) in [5, 5.41) is 231. The minimum Gasteiger partial charge on any atom is -0.394 e. The highest BCUT2D eigenvalue weighted by Crippen LogP contribution is 2.38. The van der Waals surface area contributed by atoms with Gasteiger partial charge in [0.2, 0.25) is 11.8 Å². The Labute approximate surface area is 475 Å². The number of amides is 2. The Hall–Kier alpha value is -2.42. The summed E-state index contributed by atoms with van der Waals surface area (Å²) in [6.07, 6.45) is -66.4. The van der Waals surface area contributed by atoms with Crippen molar-refractivity contribution in [2.75, 3.05) is 46.2 Å². The van der Waals surface area contributed by atoms with Crippen molar-refractivity contribution in [2.45, 2.75) is 229 Å². The van der Waals surface area contributed by atoms with Crippen LogP contribution in [-0.2, 0) is 71.2 Å². The van der Waals surface area contributed by atoms with E-state index in [2.05, 4.69) is 10.6 Å². The van der Waals surface area contributed by atoms with Gasteiger partial charge >= 0.3 is 0 Å². The molecule has 0 radical (unpaired) electrons. The van der Waals surface area contributed by atoms with Gasteiger partial charge in [-0.05, 0) is 0 Å². The first kappa shape index (κ1) is 69.1. The molecule has 7 rings (SSSR count). The number of hydrogen-bond acceptors (Lipinski definition) is 36. The predicted molar refractivity (Wildman–Crippen MR) is 255 cm³/mol. The largest absolute Gasteiger partial charge is 0.394 e. The molecule has 7 aliphatic rings. The van der Waals surface area contributed by atoms with Crippen molar-refractivity contribution < 1.29 is 178 Å². The Morgan fingerprint density at radius 2 is 0.667 bits per heavy atom. The van der Waals surface area contributed by atoms with Crippen LogP contribution in [0.25, 0.3) is 0 Å². The van der Waals surface area contributed by atoms with Crippen molar-refractivity contribution >= 4 is 11.8 Å². The molecule has 0 bridgehead atoms. The number of rotatable bonds is 21. The minimum atomic E-state index is -2.40. The lowest BCUT2D eigenvalue weighted by Crippen LogP contribution is -2.71. The highest BCUT2D eigenvalue weighted by Gasteiger charge is 2.59. The molecule has 0 aliphatic carbocycles. The van der Waals surface area contributed by atoms with Crippen molar-refractivity contribution in [3.8, 4) is 0 Å². The molecule has 7 saturated heterocycles. The van der Waals surface area contributed by atoms with Gasteiger partial charge in [-0.1, -0.05) is 0 Å². The summed E-state index contributed by atoms with van der Waals surface area (Å²) in [6.45, 7) is -5.06. The van der Waals surface area contributed by atoms with Crippen LogP contribution in [-0.4, -0.2) is 380 Å². The Morgan fingerprint density at radius 1 is 0.310 bits per heavy atom. The maximum Gasteiger partial charge on any atom is 0.217 e. The highest BCUT2D eigenvalue weighted by molar-refractivity contribution is 5.73. The van der Waals surface area contributed by atoms with Crippen molar-refractivity contribution in [3.63, 3.8) is 0 Å². The molecule has 0 unspecified atom stereocenters. The first-order valence-corrected chi connectivity index (χ1v) is 26.6. The van der Waals surface area contributed by atoms with Gasteiger partial charge in [0.05, 0.1) is 46.2 Å². The normalized spacial score (nSPS) is 50.3. The fourth-order valence-corrected chi connectivity index (χ4v) is 10.7. The van der Waals surface area contributed by atoms with E-state index in [1.165, 1.54) is 0 Å². The van der Waals surface area contributed by atoms with Crippen LogP contribution in [0.5, 0.6) is 0 Å². The third-order valence-corrected chi connectivity index (χ3v) is 15.3. The molecule has 0 aromatic rings. The number of nitrogens with one attached hydrogen (secondary N) is 2. The van der Waals surface area contributed by atoms with Gasteiger partial charge in [0.15, 0.2) is 44.0 Å². The molecular formula is C46H78N2O36. The average Bonchev–Trinajstić information content (AvgIpc) is 2.91.